The molecule has 3 aliphatic rings. The lowest BCUT2D eigenvalue weighted by molar-refractivity contribution is -0.153. The second-order valence-corrected chi connectivity index (χ2v) is 12.5. The van der Waals surface area contributed by atoms with Crippen LogP contribution in [0.15, 0.2) is 48.7 Å². The van der Waals surface area contributed by atoms with Crippen LogP contribution in [0.1, 0.15) is 86.2 Å². The van der Waals surface area contributed by atoms with Crippen LogP contribution < -0.4 is 4.74 Å². The minimum atomic E-state index is -0.282. The van der Waals surface area contributed by atoms with E-state index in [1.807, 2.05) is 19.1 Å². The third-order valence-electron chi connectivity index (χ3n) is 9.93. The molecule has 3 aliphatic carbocycles. The predicted octanol–water partition coefficient (Wildman–Crippen LogP) is 7.84. The van der Waals surface area contributed by atoms with Crippen molar-refractivity contribution < 1.29 is 18.7 Å². The van der Waals surface area contributed by atoms with Crippen LogP contribution in [0.25, 0.3) is 11.1 Å². The van der Waals surface area contributed by atoms with E-state index in [2.05, 4.69) is 49.2 Å². The van der Waals surface area contributed by atoms with Crippen LogP contribution >= 0.6 is 0 Å². The van der Waals surface area contributed by atoms with Gasteiger partial charge < -0.3 is 9.47 Å². The molecule has 1 heterocycles. The first-order valence-electron chi connectivity index (χ1n) is 14.3. The molecule has 0 aliphatic heterocycles. The van der Waals surface area contributed by atoms with E-state index in [9.17, 15) is 9.18 Å². The van der Waals surface area contributed by atoms with Gasteiger partial charge in [-0.25, -0.2) is 4.39 Å². The number of ether oxygens (including phenoxy) is 2. The monoisotopic (exact) mass is 527 g/mol. The molecule has 3 atom stereocenters. The van der Waals surface area contributed by atoms with Crippen molar-refractivity contribution in [1.82, 2.24) is 4.98 Å². The largest absolute Gasteiger partial charge is 0.489 e. The van der Waals surface area contributed by atoms with Gasteiger partial charge in [0.25, 0.3) is 0 Å². The van der Waals surface area contributed by atoms with Gasteiger partial charge in [-0.3, -0.25) is 9.78 Å². The molecular formula is C34H38FNO3. The molecular weight excluding hydrogens is 489 g/mol. The molecule has 2 saturated carbocycles. The molecule has 0 bridgehead atoms. The fourth-order valence-corrected chi connectivity index (χ4v) is 7.62. The number of halogens is 1. The van der Waals surface area contributed by atoms with Crippen LogP contribution in [0.5, 0.6) is 5.75 Å². The molecule has 0 N–H and O–H groups in total. The maximum atomic E-state index is 15.0. The van der Waals surface area contributed by atoms with Crippen LogP contribution in [0.2, 0.25) is 0 Å². The Morgan fingerprint density at radius 3 is 2.62 bits per heavy atom. The number of hydrogen-bond donors (Lipinski definition) is 0. The quantitative estimate of drug-likeness (QED) is 0.307. The first kappa shape index (κ1) is 26.0. The van der Waals surface area contributed by atoms with Crippen molar-refractivity contribution in [3.63, 3.8) is 0 Å². The van der Waals surface area contributed by atoms with Crippen molar-refractivity contribution in [3.05, 3.63) is 82.4 Å². The van der Waals surface area contributed by atoms with Crippen LogP contribution in [0.3, 0.4) is 0 Å². The molecule has 39 heavy (non-hydrogen) atoms. The van der Waals surface area contributed by atoms with Gasteiger partial charge in [0, 0.05) is 16.7 Å². The summed E-state index contributed by atoms with van der Waals surface area (Å²) in [5.74, 6) is 0.752. The highest BCUT2D eigenvalue weighted by Gasteiger charge is 2.55. The smallest absolute Gasteiger partial charge is 0.309 e. The summed E-state index contributed by atoms with van der Waals surface area (Å²) >= 11 is 0. The normalized spacial score (nSPS) is 24.8. The average molecular weight is 528 g/mol. The summed E-state index contributed by atoms with van der Waals surface area (Å²) in [6, 6.07) is 14.6. The number of methoxy groups -OCH3 is 1. The van der Waals surface area contributed by atoms with E-state index in [-0.39, 0.29) is 28.5 Å². The van der Waals surface area contributed by atoms with Crippen LogP contribution in [-0.4, -0.2) is 18.1 Å². The van der Waals surface area contributed by atoms with E-state index in [1.165, 1.54) is 42.8 Å². The Hall–Kier alpha value is -3.21. The van der Waals surface area contributed by atoms with E-state index in [0.717, 1.165) is 54.7 Å². The van der Waals surface area contributed by atoms with Gasteiger partial charge >= 0.3 is 5.97 Å². The number of carbonyl (C=O) groups excluding carboxylic acids is 1. The Bertz CT molecular complexity index is 1430. The Morgan fingerprint density at radius 2 is 1.90 bits per heavy atom. The predicted molar refractivity (Wildman–Crippen MR) is 150 cm³/mol. The van der Waals surface area contributed by atoms with E-state index in [0.29, 0.717) is 18.1 Å². The first-order chi connectivity index (χ1) is 18.7. The zero-order chi connectivity index (χ0) is 27.4. The van der Waals surface area contributed by atoms with Gasteiger partial charge in [0.1, 0.15) is 18.2 Å². The summed E-state index contributed by atoms with van der Waals surface area (Å²) in [6.07, 6.45) is 8.69. The minimum Gasteiger partial charge on any atom is -0.489 e. The molecule has 6 rings (SSSR count). The van der Waals surface area contributed by atoms with Gasteiger partial charge in [-0.1, -0.05) is 44.5 Å². The van der Waals surface area contributed by atoms with Crippen molar-refractivity contribution in [2.24, 2.45) is 11.3 Å². The van der Waals surface area contributed by atoms with Crippen molar-refractivity contribution in [2.75, 3.05) is 7.11 Å². The van der Waals surface area contributed by atoms with E-state index in [4.69, 9.17) is 9.47 Å². The lowest BCUT2D eigenvalue weighted by atomic mass is 9.57. The van der Waals surface area contributed by atoms with Crippen LogP contribution in [0, 0.1) is 24.1 Å². The summed E-state index contributed by atoms with van der Waals surface area (Å²) in [5, 5.41) is 0. The lowest BCUT2D eigenvalue weighted by Gasteiger charge is -2.46. The molecule has 0 saturated heterocycles. The average Bonchev–Trinajstić information content (AvgIpc) is 3.48. The SMILES string of the molecule is COC(=O)[C@H]1CC[C@]12CCc1ccc(OCc3ccc(-c4cc(C)ncc4F)c([C@@H]4CCCC4(C)C)c3)cc12. The van der Waals surface area contributed by atoms with Crippen molar-refractivity contribution >= 4 is 5.97 Å². The molecule has 5 heteroatoms. The first-order valence-corrected chi connectivity index (χ1v) is 14.3. The van der Waals surface area contributed by atoms with E-state index >= 15 is 0 Å². The summed E-state index contributed by atoms with van der Waals surface area (Å²) in [4.78, 5) is 16.6. The number of fused-ring (bicyclic) bond motifs is 2. The van der Waals surface area contributed by atoms with Gasteiger partial charge in [-0.2, -0.15) is 0 Å². The Balaban J connectivity index is 1.29. The number of pyridine rings is 1. The van der Waals surface area contributed by atoms with Gasteiger partial charge in [-0.15, -0.1) is 0 Å². The highest BCUT2D eigenvalue weighted by molar-refractivity contribution is 5.77. The standard InChI is InChI=1S/C34H38FNO3/c1-21-16-27(31(35)19-36-21)25-10-7-22(17-26(25)28-6-5-13-33(28,2)3)20-39-24-9-8-23-11-14-34(30(23)18-24)15-12-29(34)32(37)38-4/h7-10,16-19,28-29H,5-6,11-15,20H2,1-4H3/t28-,29+,34+/m0/s1. The number of nitrogens with zero attached hydrogens (tertiary/aromatic N) is 1. The molecule has 4 nitrogen and oxygen atoms in total. The zero-order valence-electron chi connectivity index (χ0n) is 23.5. The number of hydrogen-bond acceptors (Lipinski definition) is 4. The highest BCUT2D eigenvalue weighted by Crippen LogP contribution is 2.57. The van der Waals surface area contributed by atoms with Gasteiger partial charge in [-0.05, 0) is 103 Å². The molecule has 2 fully saturated rings. The molecule has 3 aromatic rings. The van der Waals surface area contributed by atoms with Gasteiger partial charge in [0.05, 0.1) is 19.2 Å². The number of aryl methyl sites for hydroxylation is 2. The third kappa shape index (κ3) is 4.44. The molecule has 2 aromatic carbocycles. The zero-order valence-corrected chi connectivity index (χ0v) is 23.5. The number of rotatable bonds is 6. The summed E-state index contributed by atoms with van der Waals surface area (Å²) in [7, 11) is 1.49. The number of benzene rings is 2. The lowest BCUT2D eigenvalue weighted by Crippen LogP contribution is -2.47. The minimum absolute atomic E-state index is 0.0545. The number of carbonyl (C=O) groups is 1. The molecule has 1 aromatic heterocycles. The number of esters is 1. The summed E-state index contributed by atoms with van der Waals surface area (Å²) in [5.41, 5.74) is 7.30. The fraction of sp³-hybridized carbons (Fsp3) is 0.471. The summed E-state index contributed by atoms with van der Waals surface area (Å²) in [6.45, 7) is 6.99. The maximum Gasteiger partial charge on any atom is 0.309 e. The molecule has 204 valence electrons. The van der Waals surface area contributed by atoms with Crippen LogP contribution in [0.4, 0.5) is 4.39 Å². The van der Waals surface area contributed by atoms with Gasteiger partial charge in [0.2, 0.25) is 0 Å². The molecule has 0 unspecified atom stereocenters. The van der Waals surface area contributed by atoms with Gasteiger partial charge in [0.15, 0.2) is 0 Å². The summed E-state index contributed by atoms with van der Waals surface area (Å²) < 4.78 is 26.5. The van der Waals surface area contributed by atoms with Crippen molar-refractivity contribution in [3.8, 4) is 16.9 Å². The second-order valence-electron chi connectivity index (χ2n) is 12.5. The fourth-order valence-electron chi connectivity index (χ4n) is 7.62. The van der Waals surface area contributed by atoms with E-state index in [1.54, 1.807) is 0 Å². The van der Waals surface area contributed by atoms with Crippen molar-refractivity contribution in [2.45, 2.75) is 83.7 Å². The third-order valence-corrected chi connectivity index (χ3v) is 9.93. The van der Waals surface area contributed by atoms with Crippen LogP contribution in [-0.2, 0) is 28.0 Å². The second kappa shape index (κ2) is 9.76. The highest BCUT2D eigenvalue weighted by atomic mass is 19.1. The maximum absolute atomic E-state index is 15.0. The van der Waals surface area contributed by atoms with E-state index < -0.39 is 0 Å². The molecule has 0 radical (unpaired) electrons. The molecule has 0 amide bonds. The Morgan fingerprint density at radius 1 is 1.05 bits per heavy atom. The molecule has 1 spiro atoms. The Labute approximate surface area is 231 Å². The van der Waals surface area contributed by atoms with Crippen molar-refractivity contribution in [1.29, 1.82) is 0 Å². The Kier molecular flexibility index (Phi) is 6.52. The topological polar surface area (TPSA) is 48.4 Å². The number of aromatic nitrogens is 1.